The highest BCUT2D eigenvalue weighted by molar-refractivity contribution is 7.12. The van der Waals surface area contributed by atoms with Crippen LogP contribution in [0.1, 0.15) is 34.8 Å². The number of nitrogens with one attached hydrogen (secondary N) is 1. The van der Waals surface area contributed by atoms with Gasteiger partial charge < -0.3 is 14.8 Å². The largest absolute Gasteiger partial charge is 0.383 e. The molecule has 0 spiro atoms. The molecule has 1 aromatic heterocycles. The first-order valence-electron chi connectivity index (χ1n) is 7.52. The molecule has 2 aliphatic carbocycles. The fourth-order valence-corrected chi connectivity index (χ4v) is 4.57. The number of thiazole rings is 1. The third-order valence-corrected chi connectivity index (χ3v) is 5.71. The molecule has 0 bridgehead atoms. The van der Waals surface area contributed by atoms with Crippen LogP contribution in [0.25, 0.3) is 0 Å². The van der Waals surface area contributed by atoms with Gasteiger partial charge in [0, 0.05) is 25.6 Å². The molecule has 0 aliphatic heterocycles. The zero-order chi connectivity index (χ0) is 14.0. The van der Waals surface area contributed by atoms with Crippen LogP contribution in [0.5, 0.6) is 0 Å². The van der Waals surface area contributed by atoms with E-state index in [4.69, 9.17) is 14.5 Å². The Kier molecular flexibility index (Phi) is 4.40. The van der Waals surface area contributed by atoms with Crippen molar-refractivity contribution in [2.45, 2.75) is 37.6 Å². The van der Waals surface area contributed by atoms with E-state index in [0.717, 1.165) is 19.6 Å². The van der Waals surface area contributed by atoms with E-state index >= 15 is 0 Å². The lowest BCUT2D eigenvalue weighted by atomic mass is 9.94. The SMILES string of the molecule is COCCNC(COC)(c1nc2c(s1)CCC2)C1CC1. The molecule has 0 amide bonds. The first kappa shape index (κ1) is 14.4. The number of aromatic nitrogens is 1. The Morgan fingerprint density at radius 3 is 2.80 bits per heavy atom. The second-order valence-corrected chi connectivity index (χ2v) is 6.92. The van der Waals surface area contributed by atoms with Gasteiger partial charge in [-0.25, -0.2) is 4.98 Å². The highest BCUT2D eigenvalue weighted by atomic mass is 32.1. The molecule has 1 heterocycles. The maximum Gasteiger partial charge on any atom is 0.116 e. The van der Waals surface area contributed by atoms with E-state index in [2.05, 4.69) is 5.32 Å². The number of ether oxygens (including phenoxy) is 2. The highest BCUT2D eigenvalue weighted by Crippen LogP contribution is 2.48. The average Bonchev–Trinajstić information content (AvgIpc) is 3.06. The van der Waals surface area contributed by atoms with Gasteiger partial charge in [-0.05, 0) is 38.0 Å². The van der Waals surface area contributed by atoms with Gasteiger partial charge in [0.15, 0.2) is 0 Å². The molecule has 1 aromatic rings. The molecule has 5 heteroatoms. The predicted molar refractivity (Wildman–Crippen MR) is 80.3 cm³/mol. The minimum Gasteiger partial charge on any atom is -0.383 e. The van der Waals surface area contributed by atoms with Gasteiger partial charge in [-0.1, -0.05) is 0 Å². The Bertz CT molecular complexity index is 437. The third-order valence-electron chi connectivity index (χ3n) is 4.37. The summed E-state index contributed by atoms with van der Waals surface area (Å²) in [4.78, 5) is 6.45. The minimum atomic E-state index is -0.0950. The van der Waals surface area contributed by atoms with E-state index in [1.807, 2.05) is 11.3 Å². The van der Waals surface area contributed by atoms with E-state index in [-0.39, 0.29) is 5.54 Å². The zero-order valence-corrected chi connectivity index (χ0v) is 13.2. The Labute approximate surface area is 124 Å². The summed E-state index contributed by atoms with van der Waals surface area (Å²) in [6.45, 7) is 2.28. The van der Waals surface area contributed by atoms with Crippen molar-refractivity contribution in [2.75, 3.05) is 34.0 Å². The van der Waals surface area contributed by atoms with Gasteiger partial charge in [0.25, 0.3) is 0 Å². The summed E-state index contributed by atoms with van der Waals surface area (Å²) >= 11 is 1.90. The lowest BCUT2D eigenvalue weighted by Gasteiger charge is -2.33. The van der Waals surface area contributed by atoms with Crippen LogP contribution in [-0.4, -0.2) is 39.0 Å². The summed E-state index contributed by atoms with van der Waals surface area (Å²) in [7, 11) is 3.53. The number of methoxy groups -OCH3 is 2. The lowest BCUT2D eigenvalue weighted by Crippen LogP contribution is -2.49. The van der Waals surface area contributed by atoms with Crippen LogP contribution in [0.15, 0.2) is 0 Å². The number of hydrogen-bond acceptors (Lipinski definition) is 5. The smallest absolute Gasteiger partial charge is 0.116 e. The number of nitrogens with zero attached hydrogens (tertiary/aromatic N) is 1. The molecule has 3 rings (SSSR count). The Balaban J connectivity index is 1.85. The fourth-order valence-electron chi connectivity index (χ4n) is 3.19. The van der Waals surface area contributed by atoms with Crippen LogP contribution in [0.3, 0.4) is 0 Å². The van der Waals surface area contributed by atoms with Crippen LogP contribution in [0, 0.1) is 5.92 Å². The minimum absolute atomic E-state index is 0.0950. The summed E-state index contributed by atoms with van der Waals surface area (Å²) in [5.74, 6) is 0.658. The second kappa shape index (κ2) is 6.10. The van der Waals surface area contributed by atoms with Gasteiger partial charge >= 0.3 is 0 Å². The van der Waals surface area contributed by atoms with Crippen molar-refractivity contribution in [1.29, 1.82) is 0 Å². The third kappa shape index (κ3) is 2.64. The highest BCUT2D eigenvalue weighted by Gasteiger charge is 2.48. The van der Waals surface area contributed by atoms with E-state index in [1.165, 1.54) is 41.3 Å². The average molecular weight is 296 g/mol. The first-order valence-corrected chi connectivity index (χ1v) is 8.34. The number of rotatable bonds is 8. The first-order chi connectivity index (χ1) is 9.80. The topological polar surface area (TPSA) is 43.4 Å². The van der Waals surface area contributed by atoms with Crippen molar-refractivity contribution in [1.82, 2.24) is 10.3 Å². The molecule has 1 N–H and O–H groups in total. The number of fused-ring (bicyclic) bond motifs is 1. The Morgan fingerprint density at radius 2 is 2.15 bits per heavy atom. The van der Waals surface area contributed by atoms with Gasteiger partial charge in [-0.15, -0.1) is 11.3 Å². The molecule has 1 atom stereocenters. The van der Waals surface area contributed by atoms with Gasteiger partial charge in [0.2, 0.25) is 0 Å². The Morgan fingerprint density at radius 1 is 1.30 bits per heavy atom. The molecule has 20 heavy (non-hydrogen) atoms. The van der Waals surface area contributed by atoms with Crippen LogP contribution in [0.2, 0.25) is 0 Å². The van der Waals surface area contributed by atoms with Crippen molar-refractivity contribution in [3.63, 3.8) is 0 Å². The summed E-state index contributed by atoms with van der Waals surface area (Å²) in [5, 5.41) is 4.94. The molecule has 0 saturated heterocycles. The van der Waals surface area contributed by atoms with E-state index in [9.17, 15) is 0 Å². The molecule has 1 unspecified atom stereocenters. The van der Waals surface area contributed by atoms with E-state index in [0.29, 0.717) is 12.5 Å². The summed E-state index contributed by atoms with van der Waals surface area (Å²) in [6, 6.07) is 0. The Hall–Kier alpha value is -0.490. The molecule has 4 nitrogen and oxygen atoms in total. The summed E-state index contributed by atoms with van der Waals surface area (Å²) < 4.78 is 10.8. The zero-order valence-electron chi connectivity index (χ0n) is 12.4. The molecule has 1 fully saturated rings. The standard InChI is InChI=1S/C15H24N2O2S/c1-18-9-8-16-15(10-19-2,11-6-7-11)14-17-12-4-3-5-13(12)20-14/h11,16H,3-10H2,1-2H3. The van der Waals surface area contributed by atoms with Gasteiger partial charge in [0.05, 0.1) is 24.4 Å². The van der Waals surface area contributed by atoms with E-state index in [1.54, 1.807) is 14.2 Å². The van der Waals surface area contributed by atoms with Crippen molar-refractivity contribution in [3.8, 4) is 0 Å². The van der Waals surface area contributed by atoms with Crippen LogP contribution >= 0.6 is 11.3 Å². The maximum atomic E-state index is 5.56. The molecular weight excluding hydrogens is 272 g/mol. The molecule has 112 valence electrons. The molecular formula is C15H24N2O2S. The normalized spacial score (nSPS) is 20.9. The van der Waals surface area contributed by atoms with Crippen molar-refractivity contribution in [2.24, 2.45) is 5.92 Å². The molecule has 2 aliphatic rings. The van der Waals surface area contributed by atoms with E-state index < -0.39 is 0 Å². The fraction of sp³-hybridized carbons (Fsp3) is 0.800. The van der Waals surface area contributed by atoms with Crippen molar-refractivity contribution >= 4 is 11.3 Å². The number of aryl methyl sites for hydroxylation is 2. The van der Waals surface area contributed by atoms with Crippen LogP contribution in [-0.2, 0) is 27.9 Å². The van der Waals surface area contributed by atoms with Crippen LogP contribution < -0.4 is 5.32 Å². The van der Waals surface area contributed by atoms with Gasteiger partial charge in [-0.2, -0.15) is 0 Å². The summed E-state index contributed by atoms with van der Waals surface area (Å²) in [6.07, 6.45) is 6.17. The predicted octanol–water partition coefficient (Wildman–Crippen LogP) is 2.12. The molecule has 0 radical (unpaired) electrons. The van der Waals surface area contributed by atoms with Crippen LogP contribution in [0.4, 0.5) is 0 Å². The van der Waals surface area contributed by atoms with Gasteiger partial charge in [0.1, 0.15) is 5.01 Å². The molecule has 0 aromatic carbocycles. The van der Waals surface area contributed by atoms with Crippen molar-refractivity contribution < 1.29 is 9.47 Å². The summed E-state index contributed by atoms with van der Waals surface area (Å²) in [5.41, 5.74) is 1.24. The van der Waals surface area contributed by atoms with Crippen molar-refractivity contribution in [3.05, 3.63) is 15.6 Å². The molecule has 1 saturated carbocycles. The van der Waals surface area contributed by atoms with Gasteiger partial charge in [-0.3, -0.25) is 0 Å². The monoisotopic (exact) mass is 296 g/mol. The maximum absolute atomic E-state index is 5.56. The number of hydrogen-bond donors (Lipinski definition) is 1. The lowest BCUT2D eigenvalue weighted by molar-refractivity contribution is 0.0841. The second-order valence-electron chi connectivity index (χ2n) is 5.84. The quantitative estimate of drug-likeness (QED) is 0.746.